The number of aliphatic hydroxyl groups is 1. The number of Topliss-reactive ketones (excluding diaryl/α,β-unsaturated/α-hetero) is 1. The third-order valence-corrected chi connectivity index (χ3v) is 6.61. The monoisotopic (exact) mass is 326 g/mol. The minimum Gasteiger partial charge on any atom is -0.461 e. The van der Waals surface area contributed by atoms with Crippen LogP contribution in [0.3, 0.4) is 0 Å². The van der Waals surface area contributed by atoms with Crippen LogP contribution in [0.4, 0.5) is 0 Å². The van der Waals surface area contributed by atoms with Gasteiger partial charge in [-0.15, -0.1) is 0 Å². The van der Waals surface area contributed by atoms with Crippen molar-refractivity contribution in [3.63, 3.8) is 0 Å². The van der Waals surface area contributed by atoms with Gasteiger partial charge in [0.1, 0.15) is 17.5 Å². The van der Waals surface area contributed by atoms with E-state index in [2.05, 4.69) is 0 Å². The highest BCUT2D eigenvalue weighted by Crippen LogP contribution is 2.59. The van der Waals surface area contributed by atoms with Crippen LogP contribution in [0.15, 0.2) is 0 Å². The second-order valence-corrected chi connectivity index (χ2v) is 7.44. The van der Waals surface area contributed by atoms with E-state index in [9.17, 15) is 14.7 Å². The number of fused-ring (bicyclic) bond motifs is 3. The highest BCUT2D eigenvalue weighted by atomic mass is 16.6. The molecule has 0 aromatic carbocycles. The molecule has 0 radical (unpaired) electrons. The molecule has 0 spiro atoms. The summed E-state index contributed by atoms with van der Waals surface area (Å²) < 4.78 is 16.3. The van der Waals surface area contributed by atoms with Gasteiger partial charge in [0.25, 0.3) is 0 Å². The van der Waals surface area contributed by atoms with Crippen molar-refractivity contribution in [1.82, 2.24) is 0 Å². The molecule has 3 rings (SSSR count). The summed E-state index contributed by atoms with van der Waals surface area (Å²) in [5, 5.41) is 11.5. The van der Waals surface area contributed by atoms with Gasteiger partial charge in [0.05, 0.1) is 24.0 Å². The molecule has 0 amide bonds. The topological polar surface area (TPSA) is 82.1 Å². The van der Waals surface area contributed by atoms with Crippen LogP contribution in [0.1, 0.15) is 33.1 Å². The van der Waals surface area contributed by atoms with Gasteiger partial charge in [-0.3, -0.25) is 9.59 Å². The van der Waals surface area contributed by atoms with Crippen LogP contribution in [0, 0.1) is 23.2 Å². The van der Waals surface area contributed by atoms with Crippen LogP contribution in [-0.2, 0) is 23.8 Å². The molecular formula is C17H26O6. The van der Waals surface area contributed by atoms with Gasteiger partial charge in [-0.25, -0.2) is 0 Å². The highest BCUT2D eigenvalue weighted by molar-refractivity contribution is 5.91. The van der Waals surface area contributed by atoms with Gasteiger partial charge in [0.2, 0.25) is 0 Å². The maximum Gasteiger partial charge on any atom is 0.312 e. The Labute approximate surface area is 136 Å². The fraction of sp³-hybridized carbons (Fsp3) is 0.882. The number of carbonyl (C=O) groups excluding carboxylic acids is 2. The number of carbonyl (C=O) groups is 2. The van der Waals surface area contributed by atoms with Gasteiger partial charge in [0, 0.05) is 26.6 Å². The minimum atomic E-state index is -1.32. The summed E-state index contributed by atoms with van der Waals surface area (Å²) in [7, 11) is 3.07. The molecule has 23 heavy (non-hydrogen) atoms. The van der Waals surface area contributed by atoms with Gasteiger partial charge in [-0.05, 0) is 25.7 Å². The Morgan fingerprint density at radius 3 is 2.61 bits per heavy atom. The summed E-state index contributed by atoms with van der Waals surface area (Å²) in [5.74, 6) is -0.999. The Morgan fingerprint density at radius 1 is 1.30 bits per heavy atom. The third kappa shape index (κ3) is 1.98. The number of hydrogen-bond donors (Lipinski definition) is 1. The van der Waals surface area contributed by atoms with E-state index in [0.29, 0.717) is 0 Å². The average Bonchev–Trinajstić information content (AvgIpc) is 2.91. The molecule has 2 aliphatic carbocycles. The van der Waals surface area contributed by atoms with Crippen LogP contribution in [-0.4, -0.2) is 55.5 Å². The molecule has 0 aromatic heterocycles. The summed E-state index contributed by atoms with van der Waals surface area (Å²) in [5.41, 5.74) is -2.45. The average molecular weight is 326 g/mol. The number of rotatable bonds is 3. The van der Waals surface area contributed by atoms with E-state index < -0.39 is 23.2 Å². The van der Waals surface area contributed by atoms with E-state index >= 15 is 0 Å². The van der Waals surface area contributed by atoms with E-state index in [-0.39, 0.29) is 42.5 Å². The molecular weight excluding hydrogens is 300 g/mol. The van der Waals surface area contributed by atoms with Gasteiger partial charge in [-0.1, -0.05) is 6.92 Å². The van der Waals surface area contributed by atoms with Crippen LogP contribution >= 0.6 is 0 Å². The number of ether oxygens (including phenoxy) is 3. The third-order valence-electron chi connectivity index (χ3n) is 6.61. The minimum absolute atomic E-state index is 0.0820. The molecule has 0 aromatic rings. The highest BCUT2D eigenvalue weighted by Gasteiger charge is 2.72. The zero-order chi connectivity index (χ0) is 17.0. The van der Waals surface area contributed by atoms with Crippen molar-refractivity contribution in [1.29, 1.82) is 0 Å². The van der Waals surface area contributed by atoms with E-state index in [4.69, 9.17) is 14.2 Å². The Hall–Kier alpha value is -0.980. The second-order valence-electron chi connectivity index (χ2n) is 7.44. The molecule has 1 unspecified atom stereocenters. The standard InChI is InChI=1S/C17H26O6/c1-9-5-6-10-11(8-21-3)15(19)23-14(10)16(2)12(18)7-13(22-4)17(9,16)20/h9-11,13-14,20H,5-8H2,1-4H3/t9-,10?,11+,13-,14+,16-,17-/m0/s1. The second kappa shape index (κ2) is 5.53. The van der Waals surface area contributed by atoms with Crippen LogP contribution in [0.5, 0.6) is 0 Å². The summed E-state index contributed by atoms with van der Waals surface area (Å²) in [6.07, 6.45) is 0.431. The van der Waals surface area contributed by atoms with Crippen molar-refractivity contribution < 1.29 is 28.9 Å². The van der Waals surface area contributed by atoms with Gasteiger partial charge < -0.3 is 19.3 Å². The summed E-state index contributed by atoms with van der Waals surface area (Å²) in [6.45, 7) is 3.98. The lowest BCUT2D eigenvalue weighted by Gasteiger charge is -2.46. The van der Waals surface area contributed by atoms with Crippen LogP contribution < -0.4 is 0 Å². The van der Waals surface area contributed by atoms with Crippen molar-refractivity contribution in [3.05, 3.63) is 0 Å². The van der Waals surface area contributed by atoms with Gasteiger partial charge in [-0.2, -0.15) is 0 Å². The molecule has 2 saturated carbocycles. The molecule has 3 fully saturated rings. The predicted molar refractivity (Wildman–Crippen MR) is 80.6 cm³/mol. The molecule has 7 atom stereocenters. The van der Waals surface area contributed by atoms with Crippen LogP contribution in [0.2, 0.25) is 0 Å². The molecule has 0 bridgehead atoms. The van der Waals surface area contributed by atoms with Gasteiger partial charge in [0.15, 0.2) is 0 Å². The van der Waals surface area contributed by atoms with E-state index in [1.165, 1.54) is 7.11 Å². The van der Waals surface area contributed by atoms with Crippen LogP contribution in [0.25, 0.3) is 0 Å². The lowest BCUT2D eigenvalue weighted by atomic mass is 9.64. The molecule has 6 heteroatoms. The first-order valence-corrected chi connectivity index (χ1v) is 8.30. The van der Waals surface area contributed by atoms with E-state index in [1.54, 1.807) is 14.0 Å². The summed E-state index contributed by atoms with van der Waals surface area (Å²) in [6, 6.07) is 0. The number of hydrogen-bond acceptors (Lipinski definition) is 6. The SMILES string of the molecule is COC[C@H]1C(=O)O[C@@H]2C1CC[C@H](C)[C@]1(O)[C@@H](OC)CC(=O)[C@@]21C. The lowest BCUT2D eigenvalue weighted by molar-refractivity contribution is -0.193. The van der Waals surface area contributed by atoms with E-state index in [1.807, 2.05) is 6.92 Å². The number of ketones is 1. The normalized spacial score (nSPS) is 49.5. The number of methoxy groups -OCH3 is 2. The quantitative estimate of drug-likeness (QED) is 0.778. The molecule has 3 aliphatic rings. The first kappa shape index (κ1) is 16.9. The Morgan fingerprint density at radius 2 is 2.00 bits per heavy atom. The van der Waals surface area contributed by atoms with Crippen molar-refractivity contribution in [2.24, 2.45) is 23.2 Å². The summed E-state index contributed by atoms with van der Waals surface area (Å²) in [4.78, 5) is 25.1. The Balaban J connectivity index is 2.08. The van der Waals surface area contributed by atoms with Crippen molar-refractivity contribution >= 4 is 11.8 Å². The predicted octanol–water partition coefficient (Wildman–Crippen LogP) is 0.946. The largest absolute Gasteiger partial charge is 0.461 e. The maximum absolute atomic E-state index is 12.9. The fourth-order valence-corrected chi connectivity index (χ4v) is 5.19. The first-order chi connectivity index (χ1) is 10.8. The maximum atomic E-state index is 12.9. The molecule has 1 aliphatic heterocycles. The fourth-order valence-electron chi connectivity index (χ4n) is 5.19. The molecule has 1 N–H and O–H groups in total. The Bertz CT molecular complexity index is 519. The Kier molecular flexibility index (Phi) is 4.06. The molecule has 1 saturated heterocycles. The molecule has 1 heterocycles. The zero-order valence-corrected chi connectivity index (χ0v) is 14.2. The molecule has 130 valence electrons. The van der Waals surface area contributed by atoms with Crippen molar-refractivity contribution in [3.8, 4) is 0 Å². The smallest absolute Gasteiger partial charge is 0.312 e. The van der Waals surface area contributed by atoms with Crippen molar-refractivity contribution in [2.75, 3.05) is 20.8 Å². The zero-order valence-electron chi connectivity index (χ0n) is 14.2. The first-order valence-electron chi connectivity index (χ1n) is 8.30. The van der Waals surface area contributed by atoms with Crippen molar-refractivity contribution in [2.45, 2.75) is 50.9 Å². The van der Waals surface area contributed by atoms with E-state index in [0.717, 1.165) is 12.8 Å². The van der Waals surface area contributed by atoms with Gasteiger partial charge >= 0.3 is 5.97 Å². The summed E-state index contributed by atoms with van der Waals surface area (Å²) >= 11 is 0. The lowest BCUT2D eigenvalue weighted by Crippen LogP contribution is -2.60. The molecule has 6 nitrogen and oxygen atoms in total. The number of esters is 1.